The summed E-state index contributed by atoms with van der Waals surface area (Å²) < 4.78 is 62.5. The number of halogens is 1. The van der Waals surface area contributed by atoms with Crippen molar-refractivity contribution >= 4 is 29.8 Å². The molecule has 0 aliphatic rings. The molecule has 0 fully saturated rings. The van der Waals surface area contributed by atoms with Gasteiger partial charge in [-0.05, 0) is 119 Å². The molecule has 352 valence electrons. The van der Waals surface area contributed by atoms with Crippen LogP contribution in [-0.4, -0.2) is 47.9 Å². The highest BCUT2D eigenvalue weighted by atomic mass is 35.7. The molecule has 0 aliphatic carbocycles. The van der Waals surface area contributed by atoms with E-state index in [0.717, 1.165) is 57.6 Å². The molecule has 2 aromatic heterocycles. The van der Waals surface area contributed by atoms with Crippen LogP contribution in [0, 0.1) is 0 Å². The average Bonchev–Trinajstić information content (AvgIpc) is 3.87. The van der Waals surface area contributed by atoms with Crippen LogP contribution in [-0.2, 0) is 43.2 Å². The summed E-state index contributed by atoms with van der Waals surface area (Å²) >= 11 is 0. The molecule has 65 heavy (non-hydrogen) atoms. The number of sulfonamides is 1. The van der Waals surface area contributed by atoms with E-state index in [1.807, 2.05) is 117 Å². The van der Waals surface area contributed by atoms with Gasteiger partial charge >= 0.3 is 0 Å². The van der Waals surface area contributed by atoms with Crippen LogP contribution in [0.25, 0.3) is 22.5 Å². The summed E-state index contributed by atoms with van der Waals surface area (Å²) in [7, 11) is -1.84. The van der Waals surface area contributed by atoms with Crippen molar-refractivity contribution in [3.8, 4) is 45.8 Å². The molecule has 15 heteroatoms. The Hall–Kier alpha value is -4.99. The van der Waals surface area contributed by atoms with Gasteiger partial charge in [-0.2, -0.15) is 10.2 Å². The minimum absolute atomic E-state index is 0.00849. The summed E-state index contributed by atoms with van der Waals surface area (Å²) in [6.07, 6.45) is 0. The van der Waals surface area contributed by atoms with Crippen LogP contribution in [0.2, 0.25) is 0 Å². The number of aryl methyl sites for hydroxylation is 2. The second-order valence-corrected chi connectivity index (χ2v) is 22.4. The van der Waals surface area contributed by atoms with E-state index in [9.17, 15) is 16.8 Å². The predicted molar refractivity (Wildman–Crippen MR) is 266 cm³/mol. The summed E-state index contributed by atoms with van der Waals surface area (Å²) in [4.78, 5) is 0. The van der Waals surface area contributed by atoms with Crippen molar-refractivity contribution in [2.24, 2.45) is 5.73 Å². The molecule has 0 spiro atoms. The Morgan fingerprint density at radius 3 is 1.34 bits per heavy atom. The van der Waals surface area contributed by atoms with Gasteiger partial charge in [0.05, 0.1) is 28.4 Å². The maximum atomic E-state index is 12.1. The first-order valence-corrected chi connectivity index (χ1v) is 26.2. The number of hydrogen-bond donors (Lipinski definition) is 2. The number of aromatic nitrogens is 4. The summed E-state index contributed by atoms with van der Waals surface area (Å²) in [5, 5.41) is 9.42. The molecule has 12 nitrogen and oxygen atoms in total. The maximum Gasteiger partial charge on any atom is 0.232 e. The SMILES string of the molecule is CCS(=O)(=O)Cl.CCn1nc(-c2cccc(C(C)(C)N)c2)cc1Oc1ccc(C(C)C)cc1.CCn1nc(-c2cccc(C(C)(C)NS(=O)(=O)CC)c2)cc1Oc1ccc(C(C)C)cc1. The molecule has 0 bridgehead atoms. The van der Waals surface area contributed by atoms with Gasteiger partial charge in [-0.3, -0.25) is 0 Å². The molecular formula is C50H67ClN6O6S2. The summed E-state index contributed by atoms with van der Waals surface area (Å²) in [6.45, 7) is 25.0. The van der Waals surface area contributed by atoms with E-state index in [1.165, 1.54) is 18.1 Å². The Morgan fingerprint density at radius 1 is 0.615 bits per heavy atom. The fourth-order valence-corrected chi connectivity index (χ4v) is 7.49. The molecule has 0 aliphatic heterocycles. The van der Waals surface area contributed by atoms with E-state index in [0.29, 0.717) is 24.3 Å². The van der Waals surface area contributed by atoms with Crippen LogP contribution in [0.3, 0.4) is 0 Å². The van der Waals surface area contributed by atoms with Crippen LogP contribution in [0.1, 0.15) is 117 Å². The molecule has 0 saturated heterocycles. The minimum Gasteiger partial charge on any atom is -0.439 e. The number of ether oxygens (including phenoxy) is 2. The van der Waals surface area contributed by atoms with Gasteiger partial charge in [0.15, 0.2) is 0 Å². The number of nitrogens with zero attached hydrogens (tertiary/aromatic N) is 4. The molecule has 0 unspecified atom stereocenters. The van der Waals surface area contributed by atoms with E-state index >= 15 is 0 Å². The van der Waals surface area contributed by atoms with Gasteiger partial charge < -0.3 is 15.2 Å². The highest BCUT2D eigenvalue weighted by Crippen LogP contribution is 2.33. The fourth-order valence-electron chi connectivity index (χ4n) is 6.45. The average molecular weight is 948 g/mol. The first kappa shape index (κ1) is 52.6. The lowest BCUT2D eigenvalue weighted by atomic mass is 9.93. The van der Waals surface area contributed by atoms with Crippen molar-refractivity contribution in [3.63, 3.8) is 0 Å². The third kappa shape index (κ3) is 15.6. The topological polar surface area (TPSA) is 160 Å². The van der Waals surface area contributed by atoms with Gasteiger partial charge in [-0.25, -0.2) is 30.9 Å². The standard InChI is InChI=1S/C25H33N3O3S.C23H29N3O.C2H5ClO2S/c1-7-28-24(31-22-14-12-19(13-15-22)18(3)4)17-23(26-28)20-10-9-11-21(16-20)25(5,6)27-32(29,30)8-2;1-6-26-22(27-20-12-10-17(11-13-20)16(2)3)15-21(25-26)18-8-7-9-19(14-18)23(4,5)24;1-2-6(3,4)5/h9-18,27H,7-8H2,1-6H3;7-16H,6,24H2,1-5H3;2H2,1H3. The summed E-state index contributed by atoms with van der Waals surface area (Å²) in [5.41, 5.74) is 13.2. The third-order valence-corrected chi connectivity index (χ3v) is 13.5. The molecular weight excluding hydrogens is 880 g/mol. The van der Waals surface area contributed by atoms with Gasteiger partial charge in [0.2, 0.25) is 30.8 Å². The Balaban J connectivity index is 0.000000255. The number of nitrogens with one attached hydrogen (secondary N) is 1. The van der Waals surface area contributed by atoms with E-state index < -0.39 is 24.6 Å². The number of hydrogen-bond acceptors (Lipinski definition) is 9. The number of benzene rings is 4. The Labute approximate surface area is 392 Å². The fraction of sp³-hybridized carbons (Fsp3) is 0.400. The second kappa shape index (κ2) is 22.5. The molecule has 4 aromatic carbocycles. The third-order valence-electron chi connectivity index (χ3n) is 10.5. The lowest BCUT2D eigenvalue weighted by Gasteiger charge is -2.26. The summed E-state index contributed by atoms with van der Waals surface area (Å²) in [6, 6.07) is 36.3. The highest BCUT2D eigenvalue weighted by molar-refractivity contribution is 8.13. The van der Waals surface area contributed by atoms with Gasteiger partial charge in [-0.15, -0.1) is 0 Å². The van der Waals surface area contributed by atoms with E-state index in [4.69, 9.17) is 25.4 Å². The van der Waals surface area contributed by atoms with Crippen LogP contribution >= 0.6 is 10.7 Å². The van der Waals surface area contributed by atoms with Crippen molar-refractivity contribution in [1.82, 2.24) is 24.3 Å². The quantitative estimate of drug-likeness (QED) is 0.0900. The van der Waals surface area contributed by atoms with Crippen molar-refractivity contribution < 1.29 is 26.3 Å². The van der Waals surface area contributed by atoms with Crippen LogP contribution in [0.15, 0.2) is 109 Å². The van der Waals surface area contributed by atoms with E-state index in [-0.39, 0.29) is 17.0 Å². The van der Waals surface area contributed by atoms with Gasteiger partial charge in [0.1, 0.15) is 11.5 Å². The van der Waals surface area contributed by atoms with Gasteiger partial charge in [0, 0.05) is 52.6 Å². The molecule has 0 radical (unpaired) electrons. The monoisotopic (exact) mass is 946 g/mol. The van der Waals surface area contributed by atoms with E-state index in [2.05, 4.69) is 86.4 Å². The molecule has 0 amide bonds. The first-order chi connectivity index (χ1) is 30.4. The molecule has 6 rings (SSSR count). The normalized spacial score (nSPS) is 12.1. The molecule has 3 N–H and O–H groups in total. The lowest BCUT2D eigenvalue weighted by Crippen LogP contribution is -2.41. The van der Waals surface area contributed by atoms with Gasteiger partial charge in [-0.1, -0.05) is 95.3 Å². The first-order valence-electron chi connectivity index (χ1n) is 22.0. The minimum atomic E-state index is -3.34. The van der Waals surface area contributed by atoms with Crippen LogP contribution in [0.5, 0.6) is 23.3 Å². The molecule has 2 heterocycles. The Morgan fingerprint density at radius 2 is 1.00 bits per heavy atom. The zero-order valence-corrected chi connectivity index (χ0v) is 42.3. The summed E-state index contributed by atoms with van der Waals surface area (Å²) in [5.74, 6) is 4.00. The lowest BCUT2D eigenvalue weighted by molar-refractivity contribution is 0.416. The Kier molecular flexibility index (Phi) is 18.2. The molecule has 0 saturated carbocycles. The van der Waals surface area contributed by atoms with Crippen LogP contribution < -0.4 is 19.9 Å². The van der Waals surface area contributed by atoms with Crippen LogP contribution in [0.4, 0.5) is 0 Å². The highest BCUT2D eigenvalue weighted by Gasteiger charge is 2.26. The molecule has 0 atom stereocenters. The largest absolute Gasteiger partial charge is 0.439 e. The van der Waals surface area contributed by atoms with E-state index in [1.54, 1.807) is 6.92 Å². The number of nitrogens with two attached hydrogens (primary N) is 1. The van der Waals surface area contributed by atoms with Crippen molar-refractivity contribution in [3.05, 3.63) is 131 Å². The predicted octanol–water partition coefficient (Wildman–Crippen LogP) is 11.9. The zero-order valence-electron chi connectivity index (χ0n) is 39.9. The zero-order chi connectivity index (χ0) is 48.3. The van der Waals surface area contributed by atoms with Crippen molar-refractivity contribution in [1.29, 1.82) is 0 Å². The van der Waals surface area contributed by atoms with Crippen molar-refractivity contribution in [2.75, 3.05) is 11.5 Å². The smallest absolute Gasteiger partial charge is 0.232 e. The van der Waals surface area contributed by atoms with Crippen molar-refractivity contribution in [2.45, 2.75) is 119 Å². The molecule has 6 aromatic rings. The maximum absolute atomic E-state index is 12.1. The second-order valence-electron chi connectivity index (χ2n) is 17.4. The Bertz CT molecular complexity index is 2690. The van der Waals surface area contributed by atoms with Gasteiger partial charge in [0.25, 0.3) is 0 Å². The number of rotatable bonds is 16.